The second-order valence-electron chi connectivity index (χ2n) is 9.28. The van der Waals surface area contributed by atoms with Crippen LogP contribution in [0.15, 0.2) is 35.3 Å². The van der Waals surface area contributed by atoms with Gasteiger partial charge in [-0.2, -0.15) is 0 Å². The van der Waals surface area contributed by atoms with Crippen LogP contribution in [-0.4, -0.2) is 77.3 Å². The summed E-state index contributed by atoms with van der Waals surface area (Å²) in [5.74, 6) is -5.28. The van der Waals surface area contributed by atoms with Gasteiger partial charge in [-0.25, -0.2) is 4.79 Å². The molecule has 0 saturated carbocycles. The van der Waals surface area contributed by atoms with Crippen LogP contribution in [0.5, 0.6) is 0 Å². The predicted octanol–water partition coefficient (Wildman–Crippen LogP) is -3.32. The third kappa shape index (κ3) is 14.3. The van der Waals surface area contributed by atoms with Gasteiger partial charge in [0.2, 0.25) is 29.5 Å². The molecule has 0 radical (unpaired) electrons. The fraction of sp³-hybridized carbons (Fsp3) is 0.480. The minimum absolute atomic E-state index is 0.000636. The molecule has 1 rings (SSSR count). The Labute approximate surface area is 236 Å². The quantitative estimate of drug-likeness (QED) is 0.0447. The van der Waals surface area contributed by atoms with Gasteiger partial charge in [-0.05, 0) is 31.2 Å². The number of primary amides is 2. The first kappa shape index (κ1) is 34.3. The molecule has 0 heterocycles. The number of carbonyl (C=O) groups is 6. The Bertz CT molecular complexity index is 1090. The van der Waals surface area contributed by atoms with Gasteiger partial charge < -0.3 is 49.7 Å². The maximum atomic E-state index is 13.4. The molecule has 0 saturated heterocycles. The summed E-state index contributed by atoms with van der Waals surface area (Å²) in [6, 6.07) is 3.68. The number of hydrogen-bond acceptors (Lipinski definition) is 8. The molecule has 41 heavy (non-hydrogen) atoms. The van der Waals surface area contributed by atoms with Crippen LogP contribution in [0.4, 0.5) is 0 Å². The van der Waals surface area contributed by atoms with E-state index in [2.05, 4.69) is 20.9 Å². The number of benzene rings is 1. The summed E-state index contributed by atoms with van der Waals surface area (Å²) in [6.07, 6.45) is -0.481. The Kier molecular flexibility index (Phi) is 14.9. The first-order chi connectivity index (χ1) is 19.3. The maximum absolute atomic E-state index is 13.4. The van der Waals surface area contributed by atoms with Crippen LogP contribution >= 0.6 is 0 Å². The Balaban J connectivity index is 3.15. The monoisotopic (exact) mass is 577 g/mol. The molecule has 4 unspecified atom stereocenters. The molecule has 5 amide bonds. The lowest BCUT2D eigenvalue weighted by Gasteiger charge is -2.25. The maximum Gasteiger partial charge on any atom is 0.326 e. The van der Waals surface area contributed by atoms with Crippen LogP contribution < -0.4 is 44.6 Å². The van der Waals surface area contributed by atoms with E-state index < -0.39 is 59.7 Å². The second kappa shape index (κ2) is 17.8. The van der Waals surface area contributed by atoms with Crippen LogP contribution in [0.25, 0.3) is 0 Å². The van der Waals surface area contributed by atoms with Gasteiger partial charge in [-0.3, -0.25) is 29.0 Å². The van der Waals surface area contributed by atoms with Gasteiger partial charge in [0.15, 0.2) is 5.96 Å². The van der Waals surface area contributed by atoms with Gasteiger partial charge in [-0.1, -0.05) is 30.3 Å². The Hall–Kier alpha value is -4.73. The van der Waals surface area contributed by atoms with Crippen LogP contribution in [-0.2, 0) is 35.2 Å². The molecule has 1 aromatic carbocycles. The summed E-state index contributed by atoms with van der Waals surface area (Å²) in [5, 5.41) is 16.9. The first-order valence-electron chi connectivity index (χ1n) is 12.9. The lowest BCUT2D eigenvalue weighted by atomic mass is 10.0. The van der Waals surface area contributed by atoms with Crippen molar-refractivity contribution in [3.63, 3.8) is 0 Å². The number of carboxylic acid groups (broad SMARTS) is 1. The average Bonchev–Trinajstić information content (AvgIpc) is 2.90. The van der Waals surface area contributed by atoms with Crippen LogP contribution in [0, 0.1) is 0 Å². The molecule has 0 aliphatic heterocycles. The molecule has 14 N–H and O–H groups in total. The third-order valence-corrected chi connectivity index (χ3v) is 5.83. The molecule has 16 nitrogen and oxygen atoms in total. The van der Waals surface area contributed by atoms with Crippen molar-refractivity contribution in [3.8, 4) is 0 Å². The number of aliphatic imine (C=N–C) groups is 1. The SMILES string of the molecule is NC(=O)CCC(N)C(=O)NC(Cc1ccccc1)C(=O)NC(CCCN=C(N)N)C(=O)NC(CCC(N)=O)C(=O)O. The minimum atomic E-state index is -1.45. The van der Waals surface area contributed by atoms with Crippen molar-refractivity contribution in [1.82, 2.24) is 16.0 Å². The zero-order valence-electron chi connectivity index (χ0n) is 22.6. The van der Waals surface area contributed by atoms with E-state index in [0.717, 1.165) is 0 Å². The number of rotatable bonds is 19. The normalized spacial score (nSPS) is 13.5. The molecule has 226 valence electrons. The van der Waals surface area contributed by atoms with Gasteiger partial charge in [0.05, 0.1) is 6.04 Å². The summed E-state index contributed by atoms with van der Waals surface area (Å²) in [5.41, 5.74) is 27.4. The number of nitrogens with zero attached hydrogens (tertiary/aromatic N) is 1. The minimum Gasteiger partial charge on any atom is -0.480 e. The summed E-state index contributed by atoms with van der Waals surface area (Å²) >= 11 is 0. The van der Waals surface area contributed by atoms with Gasteiger partial charge in [-0.15, -0.1) is 0 Å². The van der Waals surface area contributed by atoms with Gasteiger partial charge in [0.25, 0.3) is 0 Å². The lowest BCUT2D eigenvalue weighted by molar-refractivity contribution is -0.142. The van der Waals surface area contributed by atoms with Crippen molar-refractivity contribution in [1.29, 1.82) is 0 Å². The highest BCUT2D eigenvalue weighted by Gasteiger charge is 2.30. The molecule has 0 bridgehead atoms. The van der Waals surface area contributed by atoms with Crippen molar-refractivity contribution in [3.05, 3.63) is 35.9 Å². The van der Waals surface area contributed by atoms with E-state index in [1.807, 2.05) is 0 Å². The molecule has 0 aliphatic carbocycles. The number of amides is 5. The number of carbonyl (C=O) groups excluding carboxylic acids is 5. The summed E-state index contributed by atoms with van der Waals surface area (Å²) in [6.45, 7) is 0.116. The number of aliphatic carboxylic acids is 1. The van der Waals surface area contributed by atoms with E-state index in [4.69, 9.17) is 28.7 Å². The van der Waals surface area contributed by atoms with Crippen molar-refractivity contribution in [2.45, 2.75) is 69.1 Å². The third-order valence-electron chi connectivity index (χ3n) is 5.83. The highest BCUT2D eigenvalue weighted by Crippen LogP contribution is 2.08. The molecule has 0 spiro atoms. The largest absolute Gasteiger partial charge is 0.480 e. The van der Waals surface area contributed by atoms with E-state index >= 15 is 0 Å². The Morgan fingerprint density at radius 2 is 1.27 bits per heavy atom. The van der Waals surface area contributed by atoms with Gasteiger partial charge in [0, 0.05) is 25.8 Å². The molecule has 4 atom stereocenters. The van der Waals surface area contributed by atoms with Gasteiger partial charge in [0.1, 0.15) is 18.1 Å². The molecule has 0 fully saturated rings. The lowest BCUT2D eigenvalue weighted by Crippen LogP contribution is -2.57. The summed E-state index contributed by atoms with van der Waals surface area (Å²) in [4.78, 5) is 76.8. The van der Waals surface area contributed by atoms with E-state index in [9.17, 15) is 33.9 Å². The smallest absolute Gasteiger partial charge is 0.326 e. The van der Waals surface area contributed by atoms with Crippen LogP contribution in [0.2, 0.25) is 0 Å². The molecule has 1 aromatic rings. The average molecular weight is 578 g/mol. The van der Waals surface area contributed by atoms with E-state index in [1.54, 1.807) is 30.3 Å². The number of nitrogens with two attached hydrogens (primary N) is 5. The van der Waals surface area contributed by atoms with E-state index in [-0.39, 0.29) is 57.5 Å². The highest BCUT2D eigenvalue weighted by atomic mass is 16.4. The predicted molar refractivity (Wildman–Crippen MR) is 148 cm³/mol. The standard InChI is InChI=1S/C25H39N9O7/c26-15(8-10-19(27)35)21(37)34-18(13-14-5-2-1-3-6-14)23(39)32-16(7-4-12-31-25(29)30)22(38)33-17(24(40)41)9-11-20(28)36/h1-3,5-6,15-18H,4,7-13,26H2,(H2,27,35)(H2,28,36)(H,32,39)(H,33,38)(H,34,37)(H,40,41)(H4,29,30,31). The van der Waals surface area contributed by atoms with Crippen molar-refractivity contribution >= 4 is 41.5 Å². The fourth-order valence-electron chi connectivity index (χ4n) is 3.63. The topological polar surface area (TPSA) is 301 Å². The van der Waals surface area contributed by atoms with Crippen LogP contribution in [0.1, 0.15) is 44.1 Å². The Morgan fingerprint density at radius 1 is 0.732 bits per heavy atom. The number of guanidine groups is 1. The summed E-state index contributed by atoms with van der Waals surface area (Å²) < 4.78 is 0. The summed E-state index contributed by atoms with van der Waals surface area (Å²) in [7, 11) is 0. The molecule has 16 heteroatoms. The molecular weight excluding hydrogens is 538 g/mol. The number of carboxylic acids is 1. The van der Waals surface area contributed by atoms with E-state index in [1.165, 1.54) is 0 Å². The van der Waals surface area contributed by atoms with Gasteiger partial charge >= 0.3 is 5.97 Å². The number of hydrogen-bond donors (Lipinski definition) is 9. The van der Waals surface area contributed by atoms with Crippen molar-refractivity contribution < 1.29 is 33.9 Å². The van der Waals surface area contributed by atoms with Crippen LogP contribution in [0.3, 0.4) is 0 Å². The molecular formula is C25H39N9O7. The van der Waals surface area contributed by atoms with Crippen molar-refractivity contribution in [2.24, 2.45) is 33.7 Å². The zero-order chi connectivity index (χ0) is 30.9. The molecule has 0 aromatic heterocycles. The second-order valence-corrected chi connectivity index (χ2v) is 9.28. The highest BCUT2D eigenvalue weighted by molar-refractivity contribution is 5.94. The Morgan fingerprint density at radius 3 is 1.83 bits per heavy atom. The fourth-order valence-corrected chi connectivity index (χ4v) is 3.63. The van der Waals surface area contributed by atoms with Crippen molar-refractivity contribution in [2.75, 3.05) is 6.54 Å². The number of nitrogens with one attached hydrogen (secondary N) is 3. The zero-order valence-corrected chi connectivity index (χ0v) is 22.6. The first-order valence-corrected chi connectivity index (χ1v) is 12.9. The van der Waals surface area contributed by atoms with E-state index in [0.29, 0.717) is 5.56 Å². The molecule has 0 aliphatic rings.